The number of halogens is 2. The van der Waals surface area contributed by atoms with Crippen LogP contribution in [-0.4, -0.2) is 21.1 Å². The van der Waals surface area contributed by atoms with Gasteiger partial charge in [0.15, 0.2) is 0 Å². The molecule has 0 aliphatic rings. The summed E-state index contributed by atoms with van der Waals surface area (Å²) in [6.45, 7) is 0. The van der Waals surface area contributed by atoms with Crippen LogP contribution < -0.4 is 0 Å². The van der Waals surface area contributed by atoms with E-state index >= 15 is 0 Å². The summed E-state index contributed by atoms with van der Waals surface area (Å²) in [4.78, 5) is 0. The van der Waals surface area contributed by atoms with Gasteiger partial charge < -0.3 is 0 Å². The third-order valence-electron chi connectivity index (χ3n) is 3.13. The van der Waals surface area contributed by atoms with E-state index in [4.69, 9.17) is 35.4 Å². The summed E-state index contributed by atoms with van der Waals surface area (Å²) in [6, 6.07) is 15.4. The molecule has 0 atom stereocenters. The Morgan fingerprint density at radius 2 is 1.83 bits per heavy atom. The summed E-state index contributed by atoms with van der Waals surface area (Å²) in [5, 5.41) is 13.1. The molecule has 0 spiro atoms. The molecule has 8 heteroatoms. The minimum absolute atomic E-state index is 0.407. The molecule has 1 N–H and O–H groups in total. The summed E-state index contributed by atoms with van der Waals surface area (Å²) < 4.78 is 1.97. The van der Waals surface area contributed by atoms with Crippen molar-refractivity contribution in [3.05, 3.63) is 74.5 Å². The number of hydrogen-bond donors (Lipinski definition) is 1. The number of thioether (sulfide) groups is 1. The van der Waals surface area contributed by atoms with E-state index in [9.17, 15) is 0 Å². The molecule has 0 saturated carbocycles. The maximum absolute atomic E-state index is 6.15. The Bertz CT molecular complexity index is 899. The molecule has 1 heterocycles. The monoisotopic (exact) mass is 394 g/mol. The molecule has 0 bridgehead atoms. The Labute approximate surface area is 158 Å². The number of aromatic amines is 1. The molecule has 0 amide bonds. The molecule has 3 aromatic rings. The first-order valence-electron chi connectivity index (χ1n) is 6.97. The number of hydrogen-bond acceptors (Lipinski definition) is 4. The summed E-state index contributed by atoms with van der Waals surface area (Å²) in [6.07, 6.45) is 1.59. The molecular weight excluding hydrogens is 383 g/mol. The van der Waals surface area contributed by atoms with Crippen molar-refractivity contribution in [1.29, 1.82) is 0 Å². The minimum atomic E-state index is 0.407. The van der Waals surface area contributed by atoms with Gasteiger partial charge in [-0.1, -0.05) is 71.4 Å². The summed E-state index contributed by atoms with van der Waals surface area (Å²) in [7, 11) is 0. The number of benzene rings is 2. The fourth-order valence-electron chi connectivity index (χ4n) is 1.94. The Balaban J connectivity index is 1.83. The highest BCUT2D eigenvalue weighted by atomic mass is 35.5. The van der Waals surface area contributed by atoms with E-state index in [1.807, 2.05) is 18.2 Å². The number of nitrogens with one attached hydrogen (secondary N) is 1. The third-order valence-corrected chi connectivity index (χ3v) is 5.06. The maximum atomic E-state index is 6.15. The van der Waals surface area contributed by atoms with Crippen LogP contribution in [-0.2, 0) is 5.75 Å². The van der Waals surface area contributed by atoms with E-state index in [0.717, 1.165) is 5.75 Å². The van der Waals surface area contributed by atoms with Crippen LogP contribution in [0.2, 0.25) is 10.0 Å². The lowest BCUT2D eigenvalue weighted by atomic mass is 10.2. The van der Waals surface area contributed by atoms with Crippen LogP contribution in [0.25, 0.3) is 0 Å². The fraction of sp³-hybridized carbons (Fsp3) is 0.0625. The molecule has 0 radical (unpaired) electrons. The van der Waals surface area contributed by atoms with Gasteiger partial charge in [0.05, 0.1) is 16.3 Å². The van der Waals surface area contributed by atoms with E-state index in [2.05, 4.69) is 27.4 Å². The van der Waals surface area contributed by atoms with Gasteiger partial charge in [0.25, 0.3) is 0 Å². The van der Waals surface area contributed by atoms with E-state index in [1.54, 1.807) is 29.1 Å². The van der Waals surface area contributed by atoms with Gasteiger partial charge >= 0.3 is 0 Å². The molecule has 122 valence electrons. The lowest BCUT2D eigenvalue weighted by Gasteiger charge is -2.03. The van der Waals surface area contributed by atoms with Gasteiger partial charge in [0, 0.05) is 11.3 Å². The highest BCUT2D eigenvalue weighted by Crippen LogP contribution is 2.23. The normalized spacial score (nSPS) is 11.2. The van der Waals surface area contributed by atoms with Crippen molar-refractivity contribution in [2.45, 2.75) is 10.9 Å². The van der Waals surface area contributed by atoms with E-state index < -0.39 is 0 Å². The lowest BCUT2D eigenvalue weighted by molar-refractivity contribution is 0.759. The average Bonchev–Trinajstić information content (AvgIpc) is 2.94. The molecule has 0 aliphatic heterocycles. The van der Waals surface area contributed by atoms with Crippen LogP contribution in [0.5, 0.6) is 0 Å². The second-order valence-electron chi connectivity index (χ2n) is 4.78. The number of nitrogens with zero attached hydrogens (tertiary/aromatic N) is 3. The van der Waals surface area contributed by atoms with Crippen LogP contribution in [0.3, 0.4) is 0 Å². The zero-order valence-corrected chi connectivity index (χ0v) is 15.5. The average molecular weight is 395 g/mol. The molecule has 0 unspecified atom stereocenters. The van der Waals surface area contributed by atoms with Crippen molar-refractivity contribution < 1.29 is 0 Å². The topological polar surface area (TPSA) is 46.0 Å². The first kappa shape index (κ1) is 17.2. The van der Waals surface area contributed by atoms with Crippen molar-refractivity contribution >= 4 is 53.4 Å². The minimum Gasteiger partial charge on any atom is -0.249 e. The Morgan fingerprint density at radius 3 is 2.54 bits per heavy atom. The zero-order valence-electron chi connectivity index (χ0n) is 12.3. The van der Waals surface area contributed by atoms with Gasteiger partial charge in [-0.05, 0) is 29.9 Å². The number of aromatic nitrogens is 3. The van der Waals surface area contributed by atoms with Crippen LogP contribution in [0.4, 0.5) is 0 Å². The predicted octanol–water partition coefficient (Wildman–Crippen LogP) is 5.42. The third kappa shape index (κ3) is 4.08. The van der Waals surface area contributed by atoms with Crippen molar-refractivity contribution in [2.75, 3.05) is 0 Å². The molecule has 2 aromatic carbocycles. The number of H-pyrrole nitrogens is 1. The second-order valence-corrected chi connectivity index (χ2v) is 6.92. The predicted molar refractivity (Wildman–Crippen MR) is 103 cm³/mol. The quantitative estimate of drug-likeness (QED) is 0.356. The highest BCUT2D eigenvalue weighted by Gasteiger charge is 2.07. The summed E-state index contributed by atoms with van der Waals surface area (Å²) >= 11 is 19.1. The fourth-order valence-corrected chi connectivity index (χ4v) is 3.54. The molecular formula is C16H12Cl2N4S2. The smallest absolute Gasteiger partial charge is 0.217 e. The van der Waals surface area contributed by atoms with E-state index in [-0.39, 0.29) is 0 Å². The molecule has 0 saturated heterocycles. The van der Waals surface area contributed by atoms with Gasteiger partial charge in [0.1, 0.15) is 0 Å². The van der Waals surface area contributed by atoms with Gasteiger partial charge in [-0.2, -0.15) is 9.78 Å². The van der Waals surface area contributed by atoms with E-state index in [1.165, 1.54) is 17.3 Å². The Hall–Kier alpha value is -1.60. The number of rotatable bonds is 5. The molecule has 0 aliphatic carbocycles. The van der Waals surface area contributed by atoms with Crippen molar-refractivity contribution in [3.63, 3.8) is 0 Å². The molecule has 3 rings (SSSR count). The first-order chi connectivity index (χ1) is 11.6. The molecule has 24 heavy (non-hydrogen) atoms. The van der Waals surface area contributed by atoms with Crippen LogP contribution in [0.1, 0.15) is 11.1 Å². The van der Waals surface area contributed by atoms with Crippen molar-refractivity contribution in [2.24, 2.45) is 5.10 Å². The molecule has 4 nitrogen and oxygen atoms in total. The Morgan fingerprint density at radius 1 is 1.12 bits per heavy atom. The molecule has 1 aromatic heterocycles. The van der Waals surface area contributed by atoms with Crippen LogP contribution in [0.15, 0.2) is 58.8 Å². The van der Waals surface area contributed by atoms with Crippen LogP contribution >= 0.6 is 47.2 Å². The van der Waals surface area contributed by atoms with Crippen molar-refractivity contribution in [3.8, 4) is 0 Å². The lowest BCUT2D eigenvalue weighted by Crippen LogP contribution is -1.95. The van der Waals surface area contributed by atoms with Gasteiger partial charge in [0.2, 0.25) is 9.93 Å². The summed E-state index contributed by atoms with van der Waals surface area (Å²) in [5.74, 6) is 0.767. The highest BCUT2D eigenvalue weighted by molar-refractivity contribution is 7.98. The SMILES string of the molecule is S=c1[nH]nc(SCc2ccccc2)n1N=Cc1c(Cl)cccc1Cl. The van der Waals surface area contributed by atoms with Crippen molar-refractivity contribution in [1.82, 2.24) is 14.9 Å². The maximum Gasteiger partial charge on any atom is 0.217 e. The summed E-state index contributed by atoms with van der Waals surface area (Å²) in [5.41, 5.74) is 1.84. The second kappa shape index (κ2) is 7.98. The standard InChI is InChI=1S/C16H12Cl2N4S2/c17-13-7-4-8-14(18)12(13)9-19-22-15(23)20-21-16(22)24-10-11-5-2-1-3-6-11/h1-9H,10H2,(H,20,23). The van der Waals surface area contributed by atoms with E-state index in [0.29, 0.717) is 25.5 Å². The van der Waals surface area contributed by atoms with Gasteiger partial charge in [-0.25, -0.2) is 5.10 Å². The Kier molecular flexibility index (Phi) is 5.73. The largest absolute Gasteiger partial charge is 0.249 e. The molecule has 0 fully saturated rings. The zero-order chi connectivity index (χ0) is 16.9. The van der Waals surface area contributed by atoms with Gasteiger partial charge in [-0.15, -0.1) is 5.10 Å². The first-order valence-corrected chi connectivity index (χ1v) is 9.12. The van der Waals surface area contributed by atoms with Crippen LogP contribution in [0, 0.1) is 4.77 Å². The van der Waals surface area contributed by atoms with Gasteiger partial charge in [-0.3, -0.25) is 0 Å².